The first-order chi connectivity index (χ1) is 19.1. The Labute approximate surface area is 265 Å². The van der Waals surface area contributed by atoms with Crippen molar-refractivity contribution in [3.05, 3.63) is 83.7 Å². The molecule has 6 aliphatic carbocycles. The van der Waals surface area contributed by atoms with E-state index in [0.717, 1.165) is 42.1 Å². The molecule has 0 amide bonds. The molecule has 4 heterocycles. The minimum Gasteiger partial charge on any atom is -0.682 e. The summed E-state index contributed by atoms with van der Waals surface area (Å²) in [6.07, 6.45) is 11.4. The van der Waals surface area contributed by atoms with Crippen LogP contribution in [-0.4, -0.2) is 22.0 Å². The standard InChI is InChI=1S/C16H21NS.C16H17NS.H2NO3.Rh/c2*1-16(2)11-6-10-7-14(15-4-3-5-18-15)17-9-12(10)13(16)8-11;2-1(3)4;/h3,5,10-14H,6-9H2,1-2H3;3,5,7,9,11,13-14H,6,8H2,1-2H3;(H2,2,3,4);/q2*-2;+1;. The molecular formula is C32H40N3O3RhS2-3. The zero-order valence-corrected chi connectivity index (χ0v) is 27.4. The normalized spacial score (nSPS) is 36.1. The molecule has 6 nitrogen and oxygen atoms in total. The van der Waals surface area contributed by atoms with Crippen LogP contribution in [0.2, 0.25) is 0 Å². The van der Waals surface area contributed by atoms with Gasteiger partial charge in [0.15, 0.2) is 0 Å². The third-order valence-electron chi connectivity index (χ3n) is 11.3. The maximum Gasteiger partial charge on any atom is 0.472 e. The second kappa shape index (κ2) is 11.9. The average molecular weight is 682 g/mol. The van der Waals surface area contributed by atoms with Crippen molar-refractivity contribution in [2.45, 2.75) is 71.9 Å². The van der Waals surface area contributed by atoms with Crippen LogP contribution in [-0.2, 0) is 19.5 Å². The number of allylic oxidation sites excluding steroid dienone is 2. The monoisotopic (exact) mass is 681 g/mol. The molecule has 2 aromatic rings. The first-order valence-corrected chi connectivity index (χ1v) is 16.3. The SMILES string of the molecule is CC1(C)C2CC3=CC(c4[c-]ccs4)[N-]C=C3C1C2.CC1(C)C2CC3CC(c4[c-]ccs4)[N-]CC3C1C2.O=[N+](O)O.[Rh]. The van der Waals surface area contributed by atoms with Gasteiger partial charge in [0.05, 0.1) is 0 Å². The molecule has 2 N–H and O–H groups in total. The van der Waals surface area contributed by atoms with Gasteiger partial charge in [0.1, 0.15) is 4.91 Å². The zero-order valence-electron chi connectivity index (χ0n) is 24.1. The van der Waals surface area contributed by atoms with Gasteiger partial charge in [-0.1, -0.05) is 63.3 Å². The fourth-order valence-corrected chi connectivity index (χ4v) is 10.0. The molecule has 7 fully saturated rings. The van der Waals surface area contributed by atoms with Gasteiger partial charge in [-0.3, -0.25) is 22.7 Å². The van der Waals surface area contributed by atoms with E-state index in [1.165, 1.54) is 47.4 Å². The topological polar surface area (TPSA) is 88.7 Å². The molecule has 8 aliphatic rings. The number of piperidine rings is 1. The van der Waals surface area contributed by atoms with Crippen LogP contribution >= 0.6 is 22.7 Å². The van der Waals surface area contributed by atoms with Gasteiger partial charge in [-0.05, 0) is 66.1 Å². The van der Waals surface area contributed by atoms with E-state index in [2.05, 4.69) is 62.9 Å². The Morgan fingerprint density at radius 3 is 2.24 bits per heavy atom. The van der Waals surface area contributed by atoms with E-state index in [-0.39, 0.29) is 25.5 Å². The van der Waals surface area contributed by atoms with Crippen LogP contribution in [0.15, 0.2) is 46.3 Å². The van der Waals surface area contributed by atoms with Crippen molar-refractivity contribution in [2.75, 3.05) is 6.54 Å². The van der Waals surface area contributed by atoms with Crippen LogP contribution in [0.3, 0.4) is 0 Å². The summed E-state index contributed by atoms with van der Waals surface area (Å²) in [5.74, 6) is 5.42. The molecule has 1 saturated heterocycles. The number of hydrogen-bond acceptors (Lipinski definition) is 3. The quantitative estimate of drug-likeness (QED) is 0.188. The van der Waals surface area contributed by atoms with Gasteiger partial charge in [0.2, 0.25) is 0 Å². The summed E-state index contributed by atoms with van der Waals surface area (Å²) in [6.45, 7) is 10.9. The second-order valence-electron chi connectivity index (χ2n) is 13.6. The molecule has 8 atom stereocenters. The molecule has 41 heavy (non-hydrogen) atoms. The molecule has 225 valence electrons. The van der Waals surface area contributed by atoms with E-state index < -0.39 is 5.09 Å². The van der Waals surface area contributed by atoms with E-state index in [0.29, 0.717) is 16.9 Å². The number of hydrogen-bond donors (Lipinski definition) is 2. The third-order valence-corrected chi connectivity index (χ3v) is 13.1. The van der Waals surface area contributed by atoms with Crippen LogP contribution < -0.4 is 0 Å². The van der Waals surface area contributed by atoms with Gasteiger partial charge in [0.25, 0.3) is 0 Å². The van der Waals surface area contributed by atoms with Gasteiger partial charge >= 0.3 is 5.09 Å². The Bertz CT molecular complexity index is 1270. The molecule has 10 rings (SSSR count). The van der Waals surface area contributed by atoms with Gasteiger partial charge in [-0.15, -0.1) is 22.3 Å². The summed E-state index contributed by atoms with van der Waals surface area (Å²) in [6, 6.07) is 11.4. The van der Waals surface area contributed by atoms with Crippen LogP contribution in [0, 0.1) is 63.4 Å². The Balaban J connectivity index is 0.000000143. The summed E-state index contributed by atoms with van der Waals surface area (Å²) < 4.78 is 0. The summed E-state index contributed by atoms with van der Waals surface area (Å²) in [4.78, 5) is 11.1. The summed E-state index contributed by atoms with van der Waals surface area (Å²) >= 11 is 3.59. The fourth-order valence-electron chi connectivity index (χ4n) is 8.62. The maximum atomic E-state index is 8.47. The molecule has 0 aromatic carbocycles. The molecule has 2 aliphatic heterocycles. The summed E-state index contributed by atoms with van der Waals surface area (Å²) in [5.41, 5.74) is 4.20. The van der Waals surface area contributed by atoms with Crippen molar-refractivity contribution in [3.8, 4) is 0 Å². The van der Waals surface area contributed by atoms with E-state index >= 15 is 0 Å². The van der Waals surface area contributed by atoms with Crippen molar-refractivity contribution in [3.63, 3.8) is 0 Å². The van der Waals surface area contributed by atoms with Gasteiger partial charge in [-0.25, -0.2) is 34.7 Å². The van der Waals surface area contributed by atoms with Gasteiger partial charge < -0.3 is 10.6 Å². The molecule has 8 unspecified atom stereocenters. The average Bonchev–Trinajstić information content (AvgIpc) is 3.67. The molecule has 6 saturated carbocycles. The zero-order chi connectivity index (χ0) is 28.2. The number of rotatable bonds is 2. The first-order valence-electron chi connectivity index (χ1n) is 14.6. The van der Waals surface area contributed by atoms with Crippen molar-refractivity contribution in [1.29, 1.82) is 0 Å². The van der Waals surface area contributed by atoms with E-state index in [4.69, 9.17) is 26.0 Å². The van der Waals surface area contributed by atoms with Crippen molar-refractivity contribution in [1.82, 2.24) is 0 Å². The first kappa shape index (κ1) is 30.9. The maximum absolute atomic E-state index is 8.47. The Morgan fingerprint density at radius 2 is 1.63 bits per heavy atom. The third kappa shape index (κ3) is 5.73. The van der Waals surface area contributed by atoms with Crippen LogP contribution in [0.1, 0.15) is 81.6 Å². The van der Waals surface area contributed by atoms with Gasteiger partial charge in [-0.2, -0.15) is 17.0 Å². The van der Waals surface area contributed by atoms with Crippen molar-refractivity contribution in [2.24, 2.45) is 46.3 Å². The van der Waals surface area contributed by atoms with E-state index in [1.54, 1.807) is 16.9 Å². The van der Waals surface area contributed by atoms with Crippen LogP contribution in [0.25, 0.3) is 10.6 Å². The molecule has 1 radical (unpaired) electrons. The van der Waals surface area contributed by atoms with Crippen LogP contribution in [0.5, 0.6) is 0 Å². The predicted octanol–water partition coefficient (Wildman–Crippen LogP) is 9.06. The Morgan fingerprint density at radius 1 is 0.951 bits per heavy atom. The second-order valence-corrected chi connectivity index (χ2v) is 15.5. The molecule has 2 aromatic heterocycles. The molecular weight excluding hydrogens is 641 g/mol. The van der Waals surface area contributed by atoms with Crippen molar-refractivity contribution < 1.29 is 35.0 Å². The van der Waals surface area contributed by atoms with Gasteiger partial charge in [0, 0.05) is 19.5 Å². The Hall–Kier alpha value is -1.54. The van der Waals surface area contributed by atoms with E-state index in [9.17, 15) is 0 Å². The predicted molar refractivity (Wildman–Crippen MR) is 158 cm³/mol. The Kier molecular flexibility index (Phi) is 8.94. The minimum absolute atomic E-state index is 0. The minimum atomic E-state index is -1.25. The fraction of sp³-hybridized carbons (Fsp3) is 0.625. The van der Waals surface area contributed by atoms with Crippen molar-refractivity contribution >= 4 is 22.7 Å². The largest absolute Gasteiger partial charge is 0.682 e. The smallest absolute Gasteiger partial charge is 0.472 e. The summed E-state index contributed by atoms with van der Waals surface area (Å²) in [5, 5.41) is 26.5. The molecule has 9 heteroatoms. The molecule has 0 spiro atoms. The van der Waals surface area contributed by atoms with E-state index in [1.807, 2.05) is 23.5 Å². The number of nitrogens with zero attached hydrogens (tertiary/aromatic N) is 3. The van der Waals surface area contributed by atoms with Crippen LogP contribution in [0.4, 0.5) is 0 Å². The number of thiophene rings is 2. The molecule has 4 bridgehead atoms. The summed E-state index contributed by atoms with van der Waals surface area (Å²) in [7, 11) is 0.